The van der Waals surface area contributed by atoms with Gasteiger partial charge >= 0.3 is 0 Å². The standard InChI is InChI=1S/C23H36N4O.HI/c1-6-24-21(27-17-22(2,3)23(27,4)5)25-16-18-11-10-12-19(15-18)20(28)26-13-8-7-9-14-26;/h10-12,15H,6-9,13-14,16-17H2,1-5H3,(H,24,25);1H. The normalized spacial score (nSPS) is 20.5. The van der Waals surface area contributed by atoms with Gasteiger partial charge in [0.25, 0.3) is 5.91 Å². The van der Waals surface area contributed by atoms with Crippen LogP contribution in [0, 0.1) is 5.41 Å². The number of halogens is 1. The lowest BCUT2D eigenvalue weighted by atomic mass is 9.65. The number of nitrogens with one attached hydrogen (secondary N) is 1. The predicted molar refractivity (Wildman–Crippen MR) is 131 cm³/mol. The van der Waals surface area contributed by atoms with E-state index in [0.717, 1.165) is 56.1 Å². The number of carbonyl (C=O) groups is 1. The molecule has 0 atom stereocenters. The molecule has 162 valence electrons. The van der Waals surface area contributed by atoms with E-state index in [1.54, 1.807) is 0 Å². The van der Waals surface area contributed by atoms with Crippen molar-refractivity contribution in [1.82, 2.24) is 15.1 Å². The fraction of sp³-hybridized carbons (Fsp3) is 0.652. The first-order valence-electron chi connectivity index (χ1n) is 10.7. The molecule has 0 bridgehead atoms. The van der Waals surface area contributed by atoms with E-state index in [1.165, 1.54) is 6.42 Å². The van der Waals surface area contributed by atoms with Gasteiger partial charge in [-0.05, 0) is 57.7 Å². The molecule has 1 aromatic carbocycles. The van der Waals surface area contributed by atoms with E-state index in [1.807, 2.05) is 23.1 Å². The van der Waals surface area contributed by atoms with Crippen LogP contribution in [0.2, 0.25) is 0 Å². The number of hydrogen-bond acceptors (Lipinski definition) is 2. The molecule has 0 spiro atoms. The van der Waals surface area contributed by atoms with Gasteiger partial charge in [-0.3, -0.25) is 4.79 Å². The zero-order chi connectivity index (χ0) is 20.4. The molecule has 2 saturated heterocycles. The van der Waals surface area contributed by atoms with Gasteiger partial charge in [-0.25, -0.2) is 4.99 Å². The summed E-state index contributed by atoms with van der Waals surface area (Å²) in [4.78, 5) is 22.0. The molecule has 2 aliphatic rings. The Labute approximate surface area is 193 Å². The van der Waals surface area contributed by atoms with Crippen LogP contribution in [0.5, 0.6) is 0 Å². The number of guanidine groups is 1. The van der Waals surface area contributed by atoms with Crippen LogP contribution in [0.15, 0.2) is 29.3 Å². The summed E-state index contributed by atoms with van der Waals surface area (Å²) in [6, 6.07) is 7.97. The van der Waals surface area contributed by atoms with Crippen molar-refractivity contribution in [3.63, 3.8) is 0 Å². The summed E-state index contributed by atoms with van der Waals surface area (Å²) in [5, 5.41) is 3.44. The molecule has 0 saturated carbocycles. The second-order valence-electron chi connectivity index (χ2n) is 9.25. The molecule has 29 heavy (non-hydrogen) atoms. The van der Waals surface area contributed by atoms with Crippen LogP contribution in [0.4, 0.5) is 0 Å². The predicted octanol–water partition coefficient (Wildman–Crippen LogP) is 4.52. The Bertz CT molecular complexity index is 738. The number of piperidine rings is 1. The molecule has 1 N–H and O–H groups in total. The Morgan fingerprint density at radius 3 is 2.41 bits per heavy atom. The summed E-state index contributed by atoms with van der Waals surface area (Å²) >= 11 is 0. The van der Waals surface area contributed by atoms with Gasteiger partial charge in [0, 0.05) is 42.7 Å². The maximum Gasteiger partial charge on any atom is 0.253 e. The first-order valence-corrected chi connectivity index (χ1v) is 10.7. The summed E-state index contributed by atoms with van der Waals surface area (Å²) in [5.41, 5.74) is 2.20. The zero-order valence-electron chi connectivity index (χ0n) is 18.6. The van der Waals surface area contributed by atoms with Gasteiger partial charge in [-0.15, -0.1) is 24.0 Å². The van der Waals surface area contributed by atoms with E-state index in [0.29, 0.717) is 6.54 Å². The van der Waals surface area contributed by atoms with E-state index in [4.69, 9.17) is 4.99 Å². The minimum atomic E-state index is 0. The summed E-state index contributed by atoms with van der Waals surface area (Å²) in [6.07, 6.45) is 3.46. The van der Waals surface area contributed by atoms with Crippen LogP contribution in [0.1, 0.15) is 69.8 Å². The Balaban J connectivity index is 0.00000300. The van der Waals surface area contributed by atoms with Gasteiger partial charge < -0.3 is 15.1 Å². The van der Waals surface area contributed by atoms with Crippen molar-refractivity contribution in [3.8, 4) is 0 Å². The lowest BCUT2D eigenvalue weighted by Crippen LogP contribution is -2.72. The number of benzene rings is 1. The average Bonchev–Trinajstić information content (AvgIpc) is 2.70. The fourth-order valence-corrected chi connectivity index (χ4v) is 4.04. The van der Waals surface area contributed by atoms with Crippen LogP contribution in [0.25, 0.3) is 0 Å². The highest BCUT2D eigenvalue weighted by Gasteiger charge is 2.53. The average molecular weight is 512 g/mol. The zero-order valence-corrected chi connectivity index (χ0v) is 21.0. The second kappa shape index (κ2) is 9.67. The number of nitrogens with zero attached hydrogens (tertiary/aromatic N) is 3. The summed E-state index contributed by atoms with van der Waals surface area (Å²) in [6.45, 7) is 15.5. The van der Waals surface area contributed by atoms with Crippen molar-refractivity contribution in [2.75, 3.05) is 26.2 Å². The molecule has 3 rings (SSSR count). The third-order valence-corrected chi connectivity index (χ3v) is 6.70. The summed E-state index contributed by atoms with van der Waals surface area (Å²) < 4.78 is 0. The lowest BCUT2D eigenvalue weighted by molar-refractivity contribution is -0.0667. The van der Waals surface area contributed by atoms with Crippen LogP contribution < -0.4 is 5.32 Å². The van der Waals surface area contributed by atoms with Crippen molar-refractivity contribution < 1.29 is 4.79 Å². The van der Waals surface area contributed by atoms with Crippen LogP contribution in [-0.2, 0) is 6.54 Å². The molecule has 2 aliphatic heterocycles. The monoisotopic (exact) mass is 512 g/mol. The van der Waals surface area contributed by atoms with Gasteiger partial charge in [-0.2, -0.15) is 0 Å². The van der Waals surface area contributed by atoms with Crippen molar-refractivity contribution in [1.29, 1.82) is 0 Å². The van der Waals surface area contributed by atoms with Crippen LogP contribution in [-0.4, -0.2) is 53.4 Å². The van der Waals surface area contributed by atoms with Gasteiger partial charge in [0.15, 0.2) is 5.96 Å². The maximum absolute atomic E-state index is 12.8. The van der Waals surface area contributed by atoms with Gasteiger partial charge in [-0.1, -0.05) is 26.0 Å². The van der Waals surface area contributed by atoms with E-state index in [-0.39, 0.29) is 40.8 Å². The molecule has 5 nitrogen and oxygen atoms in total. The molecule has 2 fully saturated rings. The van der Waals surface area contributed by atoms with Crippen molar-refractivity contribution in [2.45, 2.75) is 66.0 Å². The molecular weight excluding hydrogens is 475 g/mol. The smallest absolute Gasteiger partial charge is 0.253 e. The number of rotatable bonds is 4. The Morgan fingerprint density at radius 2 is 1.83 bits per heavy atom. The second-order valence-corrected chi connectivity index (χ2v) is 9.25. The summed E-state index contributed by atoms with van der Waals surface area (Å²) in [5.74, 6) is 1.11. The Kier molecular flexibility index (Phi) is 7.99. The molecule has 0 radical (unpaired) electrons. The number of amides is 1. The number of carbonyl (C=O) groups excluding carboxylic acids is 1. The highest BCUT2D eigenvalue weighted by molar-refractivity contribution is 14.0. The third-order valence-electron chi connectivity index (χ3n) is 6.70. The van der Waals surface area contributed by atoms with E-state index in [9.17, 15) is 4.79 Å². The third kappa shape index (κ3) is 5.06. The van der Waals surface area contributed by atoms with E-state index in [2.05, 4.69) is 50.9 Å². The largest absolute Gasteiger partial charge is 0.356 e. The Morgan fingerprint density at radius 1 is 1.14 bits per heavy atom. The highest BCUT2D eigenvalue weighted by atomic mass is 127. The fourth-order valence-electron chi connectivity index (χ4n) is 4.04. The van der Waals surface area contributed by atoms with Crippen molar-refractivity contribution >= 4 is 35.8 Å². The molecule has 6 heteroatoms. The van der Waals surface area contributed by atoms with Crippen molar-refractivity contribution in [3.05, 3.63) is 35.4 Å². The lowest BCUT2D eigenvalue weighted by Gasteiger charge is -2.62. The SMILES string of the molecule is CCNC(=NCc1cccc(C(=O)N2CCCCC2)c1)N1CC(C)(C)C1(C)C.I. The van der Waals surface area contributed by atoms with Crippen molar-refractivity contribution in [2.24, 2.45) is 10.4 Å². The van der Waals surface area contributed by atoms with E-state index >= 15 is 0 Å². The molecule has 2 heterocycles. The molecule has 0 aliphatic carbocycles. The molecule has 1 amide bonds. The maximum atomic E-state index is 12.8. The minimum Gasteiger partial charge on any atom is -0.356 e. The van der Waals surface area contributed by atoms with Crippen LogP contribution >= 0.6 is 24.0 Å². The Hall–Kier alpha value is -1.31. The first kappa shape index (κ1) is 24.0. The van der Waals surface area contributed by atoms with Gasteiger partial charge in [0.05, 0.1) is 6.54 Å². The van der Waals surface area contributed by atoms with E-state index < -0.39 is 0 Å². The van der Waals surface area contributed by atoms with Gasteiger partial charge in [0.2, 0.25) is 0 Å². The minimum absolute atomic E-state index is 0. The molecule has 0 aromatic heterocycles. The first-order chi connectivity index (χ1) is 13.3. The summed E-state index contributed by atoms with van der Waals surface area (Å²) in [7, 11) is 0. The number of hydrogen-bond donors (Lipinski definition) is 1. The topological polar surface area (TPSA) is 47.9 Å². The highest BCUT2D eigenvalue weighted by Crippen LogP contribution is 2.46. The molecular formula is C23H37IN4O. The molecule has 1 aromatic rings. The quantitative estimate of drug-likeness (QED) is 0.367. The molecule has 0 unspecified atom stereocenters. The number of likely N-dealkylation sites (tertiary alicyclic amines) is 2. The van der Waals surface area contributed by atoms with Crippen LogP contribution in [0.3, 0.4) is 0 Å². The number of aliphatic imine (C=N–C) groups is 1. The van der Waals surface area contributed by atoms with Gasteiger partial charge in [0.1, 0.15) is 0 Å².